The molecular formula is C18H24N2O6S. The van der Waals surface area contributed by atoms with Crippen LogP contribution in [0.25, 0.3) is 6.08 Å². The van der Waals surface area contributed by atoms with Gasteiger partial charge in [-0.15, -0.1) is 0 Å². The fraction of sp³-hybridized carbons (Fsp3) is 0.444. The third kappa shape index (κ3) is 5.88. The molecule has 1 saturated heterocycles. The number of rotatable bonds is 7. The predicted molar refractivity (Wildman–Crippen MR) is 99.5 cm³/mol. The van der Waals surface area contributed by atoms with Crippen LogP contribution in [0.5, 0.6) is 0 Å². The summed E-state index contributed by atoms with van der Waals surface area (Å²) in [6.07, 6.45) is 3.04. The summed E-state index contributed by atoms with van der Waals surface area (Å²) in [6.45, 7) is 5.39. The van der Waals surface area contributed by atoms with E-state index < -0.39 is 28.0 Å². The third-order valence-corrected chi connectivity index (χ3v) is 5.60. The number of morpholine rings is 1. The minimum Gasteiger partial charge on any atom is -0.480 e. The molecule has 1 heterocycles. The maximum atomic E-state index is 12.4. The second kappa shape index (κ2) is 9.12. The van der Waals surface area contributed by atoms with Crippen LogP contribution in [0.3, 0.4) is 0 Å². The molecule has 27 heavy (non-hydrogen) atoms. The van der Waals surface area contributed by atoms with Crippen molar-refractivity contribution in [3.8, 4) is 0 Å². The molecule has 0 bridgehead atoms. The first-order valence-corrected chi connectivity index (χ1v) is 10.1. The summed E-state index contributed by atoms with van der Waals surface area (Å²) in [5.74, 6) is -1.75. The smallest absolute Gasteiger partial charge is 0.322 e. The van der Waals surface area contributed by atoms with Crippen LogP contribution in [-0.4, -0.2) is 62.6 Å². The van der Waals surface area contributed by atoms with Gasteiger partial charge in [-0.2, -0.15) is 4.72 Å². The molecule has 9 heteroatoms. The standard InChI is InChI=1S/C18H24N2O6S/c1-13(2)17(18(22)23)19-27(24,25)15-6-3-14(4-7-15)5-8-16(21)20-9-11-26-12-10-20/h3-8,13,17,19H,9-12H2,1-2H3,(H,22,23)/b8-5+/t17-/m0/s1. The van der Waals surface area contributed by atoms with Crippen LogP contribution < -0.4 is 4.72 Å². The van der Waals surface area contributed by atoms with Crippen LogP contribution in [0.1, 0.15) is 19.4 Å². The molecule has 0 unspecified atom stereocenters. The third-order valence-electron chi connectivity index (χ3n) is 4.15. The van der Waals surface area contributed by atoms with E-state index in [4.69, 9.17) is 9.84 Å². The van der Waals surface area contributed by atoms with Gasteiger partial charge in [-0.05, 0) is 29.7 Å². The highest BCUT2D eigenvalue weighted by atomic mass is 32.2. The molecule has 0 spiro atoms. The lowest BCUT2D eigenvalue weighted by Crippen LogP contribution is -2.44. The van der Waals surface area contributed by atoms with Crippen molar-refractivity contribution in [3.05, 3.63) is 35.9 Å². The van der Waals surface area contributed by atoms with E-state index in [1.54, 1.807) is 37.0 Å². The Morgan fingerprint density at radius 2 is 1.78 bits per heavy atom. The molecular weight excluding hydrogens is 372 g/mol. The Kier molecular flexibility index (Phi) is 7.11. The Morgan fingerprint density at radius 1 is 1.19 bits per heavy atom. The van der Waals surface area contributed by atoms with Crippen LogP contribution in [0, 0.1) is 5.92 Å². The number of amides is 1. The number of hydrogen-bond acceptors (Lipinski definition) is 5. The number of benzene rings is 1. The lowest BCUT2D eigenvalue weighted by molar-refractivity contribution is -0.140. The molecule has 0 aliphatic carbocycles. The lowest BCUT2D eigenvalue weighted by Gasteiger charge is -2.25. The van der Waals surface area contributed by atoms with Gasteiger partial charge in [-0.3, -0.25) is 9.59 Å². The first kappa shape index (κ1) is 21.1. The SMILES string of the molecule is CC(C)[C@H](NS(=O)(=O)c1ccc(/C=C/C(=O)N2CCOCC2)cc1)C(=O)O. The first-order valence-electron chi connectivity index (χ1n) is 8.60. The zero-order valence-electron chi connectivity index (χ0n) is 15.3. The second-order valence-electron chi connectivity index (χ2n) is 6.52. The number of carboxylic acids is 1. The van der Waals surface area contributed by atoms with Gasteiger partial charge in [0, 0.05) is 19.2 Å². The highest BCUT2D eigenvalue weighted by Gasteiger charge is 2.27. The maximum absolute atomic E-state index is 12.4. The van der Waals surface area contributed by atoms with Crippen molar-refractivity contribution in [2.24, 2.45) is 5.92 Å². The van der Waals surface area contributed by atoms with Crippen LogP contribution in [-0.2, 0) is 24.3 Å². The quantitative estimate of drug-likeness (QED) is 0.664. The van der Waals surface area contributed by atoms with Crippen LogP contribution in [0.15, 0.2) is 35.2 Å². The first-order chi connectivity index (χ1) is 12.7. The van der Waals surface area contributed by atoms with E-state index in [0.29, 0.717) is 31.9 Å². The monoisotopic (exact) mass is 396 g/mol. The average Bonchev–Trinajstić information content (AvgIpc) is 2.65. The number of nitrogens with one attached hydrogen (secondary N) is 1. The zero-order chi connectivity index (χ0) is 20.0. The van der Waals surface area contributed by atoms with Gasteiger partial charge in [0.15, 0.2) is 0 Å². The number of aliphatic carboxylic acids is 1. The summed E-state index contributed by atoms with van der Waals surface area (Å²) in [7, 11) is -3.96. The van der Waals surface area contributed by atoms with Crippen LogP contribution in [0.2, 0.25) is 0 Å². The van der Waals surface area contributed by atoms with Crippen molar-refractivity contribution in [2.75, 3.05) is 26.3 Å². The van der Waals surface area contributed by atoms with Crippen molar-refractivity contribution < 1.29 is 27.9 Å². The van der Waals surface area contributed by atoms with Gasteiger partial charge in [-0.1, -0.05) is 26.0 Å². The van der Waals surface area contributed by atoms with Gasteiger partial charge in [-0.25, -0.2) is 8.42 Å². The maximum Gasteiger partial charge on any atom is 0.322 e. The molecule has 1 aliphatic heterocycles. The largest absolute Gasteiger partial charge is 0.480 e. The molecule has 2 rings (SSSR count). The van der Waals surface area contributed by atoms with E-state index in [0.717, 1.165) is 0 Å². The van der Waals surface area contributed by atoms with E-state index in [1.807, 2.05) is 0 Å². The van der Waals surface area contributed by atoms with Gasteiger partial charge in [0.05, 0.1) is 18.1 Å². The van der Waals surface area contributed by atoms with E-state index in [2.05, 4.69) is 4.72 Å². The van der Waals surface area contributed by atoms with E-state index in [9.17, 15) is 18.0 Å². The summed E-state index contributed by atoms with van der Waals surface area (Å²) in [6, 6.07) is 4.66. The minimum atomic E-state index is -3.96. The summed E-state index contributed by atoms with van der Waals surface area (Å²) in [5, 5.41) is 9.15. The second-order valence-corrected chi connectivity index (χ2v) is 8.24. The summed E-state index contributed by atoms with van der Waals surface area (Å²) in [5.41, 5.74) is 0.661. The Labute approximate surface area is 158 Å². The Balaban J connectivity index is 2.06. The molecule has 1 fully saturated rings. The predicted octanol–water partition coefficient (Wildman–Crippen LogP) is 0.946. The number of nitrogens with zero attached hydrogens (tertiary/aromatic N) is 1. The van der Waals surface area contributed by atoms with Crippen molar-refractivity contribution in [1.82, 2.24) is 9.62 Å². The highest BCUT2D eigenvalue weighted by Crippen LogP contribution is 2.14. The number of carboxylic acid groups (broad SMARTS) is 1. The molecule has 148 valence electrons. The van der Waals surface area contributed by atoms with Gasteiger partial charge in [0.25, 0.3) is 0 Å². The van der Waals surface area contributed by atoms with E-state index >= 15 is 0 Å². The normalized spacial score (nSPS) is 16.6. The summed E-state index contributed by atoms with van der Waals surface area (Å²) >= 11 is 0. The molecule has 1 aromatic rings. The Bertz CT molecular complexity index is 796. The lowest BCUT2D eigenvalue weighted by atomic mass is 10.1. The average molecular weight is 396 g/mol. The molecule has 1 amide bonds. The zero-order valence-corrected chi connectivity index (χ0v) is 16.1. The van der Waals surface area contributed by atoms with Gasteiger partial charge >= 0.3 is 5.97 Å². The molecule has 1 aromatic carbocycles. The molecule has 0 saturated carbocycles. The van der Waals surface area contributed by atoms with Crippen molar-refractivity contribution >= 4 is 28.0 Å². The molecule has 1 atom stereocenters. The summed E-state index contributed by atoms with van der Waals surface area (Å²) < 4.78 is 32.1. The molecule has 0 aromatic heterocycles. The van der Waals surface area contributed by atoms with Gasteiger partial charge in [0.2, 0.25) is 15.9 Å². The molecule has 1 aliphatic rings. The topological polar surface area (TPSA) is 113 Å². The van der Waals surface area contributed by atoms with E-state index in [-0.39, 0.29) is 10.8 Å². The number of sulfonamides is 1. The minimum absolute atomic E-state index is 0.0361. The van der Waals surface area contributed by atoms with Crippen molar-refractivity contribution in [1.29, 1.82) is 0 Å². The number of carbonyl (C=O) groups excluding carboxylic acids is 1. The van der Waals surface area contributed by atoms with E-state index in [1.165, 1.54) is 18.2 Å². The molecule has 2 N–H and O–H groups in total. The number of ether oxygens (including phenoxy) is 1. The van der Waals surface area contributed by atoms with Gasteiger partial charge < -0.3 is 14.7 Å². The van der Waals surface area contributed by atoms with Crippen molar-refractivity contribution in [2.45, 2.75) is 24.8 Å². The Morgan fingerprint density at radius 3 is 2.30 bits per heavy atom. The Hall–Kier alpha value is -2.23. The van der Waals surface area contributed by atoms with Gasteiger partial charge in [0.1, 0.15) is 6.04 Å². The molecule has 8 nitrogen and oxygen atoms in total. The fourth-order valence-corrected chi connectivity index (χ4v) is 3.86. The highest BCUT2D eigenvalue weighted by molar-refractivity contribution is 7.89. The number of hydrogen-bond donors (Lipinski definition) is 2. The van der Waals surface area contributed by atoms with Crippen LogP contribution >= 0.6 is 0 Å². The van der Waals surface area contributed by atoms with Crippen molar-refractivity contribution in [3.63, 3.8) is 0 Å². The summed E-state index contributed by atoms with van der Waals surface area (Å²) in [4.78, 5) is 24.9. The fourth-order valence-electron chi connectivity index (χ4n) is 2.52. The molecule has 0 radical (unpaired) electrons. The number of carbonyl (C=O) groups is 2. The van der Waals surface area contributed by atoms with Crippen LogP contribution in [0.4, 0.5) is 0 Å².